The second-order valence-electron chi connectivity index (χ2n) is 6.37. The topological polar surface area (TPSA) is 35.5 Å². The van der Waals surface area contributed by atoms with Gasteiger partial charge in [-0.1, -0.05) is 48.0 Å². The third-order valence-corrected chi connectivity index (χ3v) is 4.69. The molecule has 4 heteroatoms. The Labute approximate surface area is 162 Å². The Morgan fingerprint density at radius 3 is 2.59 bits per heavy atom. The fourth-order valence-electron chi connectivity index (χ4n) is 2.89. The molecule has 1 aliphatic rings. The van der Waals surface area contributed by atoms with Gasteiger partial charge in [-0.3, -0.25) is 4.79 Å². The monoisotopic (exact) mass is 376 g/mol. The van der Waals surface area contributed by atoms with E-state index in [2.05, 4.69) is 0 Å². The van der Waals surface area contributed by atoms with Gasteiger partial charge in [0.2, 0.25) is 5.78 Å². The Balaban J connectivity index is 1.52. The van der Waals surface area contributed by atoms with Crippen LogP contribution in [0.4, 0.5) is 0 Å². The first-order chi connectivity index (χ1) is 13.1. The van der Waals surface area contributed by atoms with Gasteiger partial charge in [-0.05, 0) is 54.0 Å². The molecule has 0 unspecified atom stereocenters. The van der Waals surface area contributed by atoms with Gasteiger partial charge >= 0.3 is 0 Å². The van der Waals surface area contributed by atoms with Gasteiger partial charge in [-0.15, -0.1) is 0 Å². The number of halogens is 1. The number of hydrogen-bond donors (Lipinski definition) is 0. The minimum atomic E-state index is -0.113. The van der Waals surface area contributed by atoms with E-state index in [-0.39, 0.29) is 5.78 Å². The highest BCUT2D eigenvalue weighted by Gasteiger charge is 2.27. The lowest BCUT2D eigenvalue weighted by Gasteiger charge is -2.07. The van der Waals surface area contributed by atoms with Crippen molar-refractivity contribution in [2.24, 2.45) is 0 Å². The first-order valence-corrected chi connectivity index (χ1v) is 8.99. The molecule has 0 radical (unpaired) electrons. The normalized spacial score (nSPS) is 14.1. The highest BCUT2D eigenvalue weighted by Crippen LogP contribution is 2.35. The molecule has 0 aromatic heterocycles. The zero-order chi connectivity index (χ0) is 18.8. The summed E-state index contributed by atoms with van der Waals surface area (Å²) in [6, 6.07) is 20.6. The van der Waals surface area contributed by atoms with Crippen molar-refractivity contribution in [3.63, 3.8) is 0 Å². The van der Waals surface area contributed by atoms with E-state index in [9.17, 15) is 4.79 Å². The van der Waals surface area contributed by atoms with E-state index in [1.165, 1.54) is 0 Å². The van der Waals surface area contributed by atoms with E-state index in [1.807, 2.05) is 55.5 Å². The molecule has 3 aromatic carbocycles. The van der Waals surface area contributed by atoms with Crippen molar-refractivity contribution in [3.8, 4) is 11.5 Å². The molecule has 1 aliphatic heterocycles. The van der Waals surface area contributed by atoms with Crippen molar-refractivity contribution in [2.75, 3.05) is 0 Å². The highest BCUT2D eigenvalue weighted by atomic mass is 35.5. The van der Waals surface area contributed by atoms with Gasteiger partial charge in [0, 0.05) is 11.1 Å². The third kappa shape index (κ3) is 3.74. The number of aryl methyl sites for hydroxylation is 1. The lowest BCUT2D eigenvalue weighted by Crippen LogP contribution is -1.98. The number of fused-ring (bicyclic) bond motifs is 1. The van der Waals surface area contributed by atoms with Crippen LogP contribution >= 0.6 is 11.6 Å². The zero-order valence-corrected chi connectivity index (χ0v) is 15.5. The van der Waals surface area contributed by atoms with Crippen molar-refractivity contribution in [1.82, 2.24) is 0 Å². The van der Waals surface area contributed by atoms with Crippen LogP contribution in [0.25, 0.3) is 6.08 Å². The van der Waals surface area contributed by atoms with Crippen LogP contribution in [-0.4, -0.2) is 5.78 Å². The molecule has 0 bridgehead atoms. The van der Waals surface area contributed by atoms with E-state index in [1.54, 1.807) is 24.3 Å². The van der Waals surface area contributed by atoms with E-state index >= 15 is 0 Å². The van der Waals surface area contributed by atoms with Gasteiger partial charge in [0.15, 0.2) is 5.76 Å². The van der Waals surface area contributed by atoms with Crippen molar-refractivity contribution in [3.05, 3.63) is 99.8 Å². The molecule has 4 rings (SSSR count). The Kier molecular flexibility index (Phi) is 4.69. The molecule has 27 heavy (non-hydrogen) atoms. The maximum Gasteiger partial charge on any atom is 0.231 e. The Bertz CT molecular complexity index is 1040. The maximum atomic E-state index is 12.6. The van der Waals surface area contributed by atoms with Gasteiger partial charge in [0.1, 0.15) is 18.1 Å². The third-order valence-electron chi connectivity index (χ3n) is 4.44. The van der Waals surface area contributed by atoms with Crippen molar-refractivity contribution in [2.45, 2.75) is 13.5 Å². The average Bonchev–Trinajstić information content (AvgIpc) is 2.98. The number of carbonyl (C=O) groups is 1. The Hall–Kier alpha value is -3.04. The lowest BCUT2D eigenvalue weighted by molar-refractivity contribution is 0.101. The van der Waals surface area contributed by atoms with Gasteiger partial charge in [0.05, 0.1) is 5.56 Å². The van der Waals surface area contributed by atoms with E-state index in [0.717, 1.165) is 16.7 Å². The minimum Gasteiger partial charge on any atom is -0.489 e. The molecule has 0 aliphatic carbocycles. The average molecular weight is 377 g/mol. The first-order valence-electron chi connectivity index (χ1n) is 8.61. The molecular formula is C23H17ClO3. The Morgan fingerprint density at radius 2 is 1.81 bits per heavy atom. The van der Waals surface area contributed by atoms with Crippen molar-refractivity contribution >= 4 is 23.5 Å². The highest BCUT2D eigenvalue weighted by molar-refractivity contribution is 6.30. The van der Waals surface area contributed by atoms with Crippen LogP contribution in [0.5, 0.6) is 11.5 Å². The molecule has 3 aromatic rings. The fourth-order valence-corrected chi connectivity index (χ4v) is 3.02. The number of ether oxygens (including phenoxy) is 2. The Morgan fingerprint density at radius 1 is 1.04 bits per heavy atom. The second kappa shape index (κ2) is 7.29. The number of allylic oxidation sites excluding steroid dienone is 1. The molecule has 0 spiro atoms. The van der Waals surface area contributed by atoms with Gasteiger partial charge < -0.3 is 9.47 Å². The summed E-state index contributed by atoms with van der Waals surface area (Å²) in [6.07, 6.45) is 1.78. The predicted molar refractivity (Wildman–Crippen MR) is 106 cm³/mol. The molecule has 0 saturated carbocycles. The quantitative estimate of drug-likeness (QED) is 0.536. The van der Waals surface area contributed by atoms with Crippen LogP contribution in [-0.2, 0) is 6.61 Å². The number of carbonyl (C=O) groups excluding carboxylic acids is 1. The molecule has 0 fully saturated rings. The molecule has 0 saturated heterocycles. The van der Waals surface area contributed by atoms with Crippen LogP contribution in [0.1, 0.15) is 27.0 Å². The summed E-state index contributed by atoms with van der Waals surface area (Å²) < 4.78 is 11.6. The number of hydrogen-bond acceptors (Lipinski definition) is 3. The summed E-state index contributed by atoms with van der Waals surface area (Å²) in [4.78, 5) is 12.6. The van der Waals surface area contributed by atoms with Crippen molar-refractivity contribution < 1.29 is 14.3 Å². The minimum absolute atomic E-state index is 0.113. The van der Waals surface area contributed by atoms with Crippen LogP contribution in [0.15, 0.2) is 72.5 Å². The molecule has 134 valence electrons. The van der Waals surface area contributed by atoms with Crippen molar-refractivity contribution in [1.29, 1.82) is 0 Å². The molecular weight excluding hydrogens is 360 g/mol. The number of Topliss-reactive ketones (excluding diaryl/α,β-unsaturated/α-hetero) is 1. The summed E-state index contributed by atoms with van der Waals surface area (Å²) in [5.74, 6) is 1.38. The van der Waals surface area contributed by atoms with Crippen LogP contribution in [0, 0.1) is 6.92 Å². The standard InChI is InChI=1S/C23H17ClO3/c1-15-4-2-3-5-17(15)12-22-23(25)20-11-10-19(13-21(20)27-22)26-14-16-6-8-18(24)9-7-16/h2-13H,14H2,1H3. The van der Waals surface area contributed by atoms with Gasteiger partial charge in [0.25, 0.3) is 0 Å². The zero-order valence-electron chi connectivity index (χ0n) is 14.7. The van der Waals surface area contributed by atoms with E-state index < -0.39 is 0 Å². The van der Waals surface area contributed by atoms with Crippen LogP contribution in [0.3, 0.4) is 0 Å². The maximum absolute atomic E-state index is 12.6. The molecule has 0 N–H and O–H groups in total. The number of rotatable bonds is 4. The van der Waals surface area contributed by atoms with Crippen LogP contribution < -0.4 is 9.47 Å². The largest absolute Gasteiger partial charge is 0.489 e. The van der Waals surface area contributed by atoms with Gasteiger partial charge in [-0.25, -0.2) is 0 Å². The summed E-state index contributed by atoms with van der Waals surface area (Å²) in [5.41, 5.74) is 3.61. The van der Waals surface area contributed by atoms with E-state index in [4.69, 9.17) is 21.1 Å². The van der Waals surface area contributed by atoms with Crippen LogP contribution in [0.2, 0.25) is 5.02 Å². The smallest absolute Gasteiger partial charge is 0.231 e. The molecule has 3 nitrogen and oxygen atoms in total. The SMILES string of the molecule is Cc1ccccc1C=C1Oc2cc(OCc3ccc(Cl)cc3)ccc2C1=O. The summed E-state index contributed by atoms with van der Waals surface area (Å²) in [7, 11) is 0. The van der Waals surface area contributed by atoms with E-state index in [0.29, 0.717) is 34.5 Å². The molecule has 0 atom stereocenters. The second-order valence-corrected chi connectivity index (χ2v) is 6.81. The number of benzene rings is 3. The summed E-state index contributed by atoms with van der Waals surface area (Å²) in [6.45, 7) is 2.41. The summed E-state index contributed by atoms with van der Waals surface area (Å²) in [5, 5.41) is 0.691. The first kappa shape index (κ1) is 17.4. The molecule has 1 heterocycles. The van der Waals surface area contributed by atoms with Gasteiger partial charge in [-0.2, -0.15) is 0 Å². The lowest BCUT2D eigenvalue weighted by atomic mass is 10.1. The fraction of sp³-hybridized carbons (Fsp3) is 0.0870. The molecule has 0 amide bonds. The predicted octanol–water partition coefficient (Wildman–Crippen LogP) is 5.84. The summed E-state index contributed by atoms with van der Waals surface area (Å²) >= 11 is 5.89. The number of ketones is 1.